The average molecular weight is 187 g/mol. The Balaban J connectivity index is 3.53. The number of hydrogen-bond donors (Lipinski definition) is 5. The van der Waals surface area contributed by atoms with E-state index in [1.165, 1.54) is 0 Å². The molecule has 0 spiro atoms. The molecule has 0 aromatic carbocycles. The Morgan fingerprint density at radius 3 is 2.00 bits per heavy atom. The van der Waals surface area contributed by atoms with Gasteiger partial charge in [0.1, 0.15) is 0 Å². The van der Waals surface area contributed by atoms with Gasteiger partial charge in [-0.3, -0.25) is 0 Å². The number of carboxylic acids is 1. The van der Waals surface area contributed by atoms with Gasteiger partial charge in [0, 0.05) is 0 Å². The van der Waals surface area contributed by atoms with Crippen molar-refractivity contribution in [1.29, 1.82) is 0 Å². The third kappa shape index (κ3) is 1.26. The molecule has 7 nitrogen and oxygen atoms in total. The highest BCUT2D eigenvalue weighted by Crippen LogP contribution is 2.39. The maximum atomic E-state index is 10.4. The van der Waals surface area contributed by atoms with E-state index in [4.69, 9.17) is 25.5 Å². The number of pyridine rings is 1. The highest BCUT2D eigenvalue weighted by atomic mass is 16.4. The summed E-state index contributed by atoms with van der Waals surface area (Å²) in [6, 6.07) is 0. The molecule has 13 heavy (non-hydrogen) atoms. The van der Waals surface area contributed by atoms with E-state index in [0.29, 0.717) is 0 Å². The third-order valence-corrected chi connectivity index (χ3v) is 1.32. The topological polar surface area (TPSA) is 131 Å². The summed E-state index contributed by atoms with van der Waals surface area (Å²) in [5.74, 6) is -5.99. The summed E-state index contributed by atoms with van der Waals surface area (Å²) in [6.07, 6.45) is 0. The molecule has 1 aromatic heterocycles. The van der Waals surface area contributed by atoms with Gasteiger partial charge in [0.05, 0.1) is 0 Å². The number of aromatic hydroxyl groups is 4. The van der Waals surface area contributed by atoms with Crippen LogP contribution in [0.15, 0.2) is 0 Å². The molecule has 1 rings (SSSR count). The monoisotopic (exact) mass is 187 g/mol. The number of hydrogen-bond acceptors (Lipinski definition) is 6. The lowest BCUT2D eigenvalue weighted by Crippen LogP contribution is -1.99. The molecule has 0 aliphatic heterocycles. The number of rotatable bonds is 1. The number of carboxylic acid groups (broad SMARTS) is 1. The highest BCUT2D eigenvalue weighted by molar-refractivity contribution is 5.94. The first-order valence-corrected chi connectivity index (χ1v) is 3.02. The van der Waals surface area contributed by atoms with Crippen LogP contribution in [0.1, 0.15) is 10.4 Å². The van der Waals surface area contributed by atoms with Gasteiger partial charge in [-0.25, -0.2) is 4.79 Å². The van der Waals surface area contributed by atoms with Crippen molar-refractivity contribution < 1.29 is 30.3 Å². The summed E-state index contributed by atoms with van der Waals surface area (Å²) >= 11 is 0. The van der Waals surface area contributed by atoms with E-state index in [1.54, 1.807) is 0 Å². The predicted molar refractivity (Wildman–Crippen MR) is 37.9 cm³/mol. The van der Waals surface area contributed by atoms with Crippen LogP contribution in [0.5, 0.6) is 23.3 Å². The molecule has 0 atom stereocenters. The molecule has 0 amide bonds. The van der Waals surface area contributed by atoms with Crippen LogP contribution < -0.4 is 0 Å². The molecule has 1 aromatic rings. The van der Waals surface area contributed by atoms with E-state index in [1.807, 2.05) is 0 Å². The van der Waals surface area contributed by atoms with E-state index in [-0.39, 0.29) is 0 Å². The molecule has 0 aliphatic carbocycles. The summed E-state index contributed by atoms with van der Waals surface area (Å²) < 4.78 is 0. The van der Waals surface area contributed by atoms with Gasteiger partial charge in [-0.05, 0) is 0 Å². The van der Waals surface area contributed by atoms with Gasteiger partial charge in [-0.2, -0.15) is 4.98 Å². The van der Waals surface area contributed by atoms with Gasteiger partial charge >= 0.3 is 5.97 Å². The van der Waals surface area contributed by atoms with Gasteiger partial charge in [-0.1, -0.05) is 0 Å². The fourth-order valence-electron chi connectivity index (χ4n) is 0.736. The smallest absolute Gasteiger partial charge is 0.345 e. The van der Waals surface area contributed by atoms with Crippen molar-refractivity contribution >= 4 is 5.97 Å². The first kappa shape index (κ1) is 8.91. The van der Waals surface area contributed by atoms with Crippen molar-refractivity contribution in [3.63, 3.8) is 0 Å². The quantitative estimate of drug-likeness (QED) is 0.404. The van der Waals surface area contributed by atoms with Gasteiger partial charge in [0.15, 0.2) is 11.3 Å². The average Bonchev–Trinajstić information content (AvgIpc) is 1.99. The lowest BCUT2D eigenvalue weighted by Gasteiger charge is -2.04. The standard InChI is InChI=1S/C6H5NO6/c8-2-1(6(12)13)4(10)7-5(11)3(2)9/h9H,(H,12,13)(H3,7,8,10,11). The van der Waals surface area contributed by atoms with Crippen molar-refractivity contribution in [3.8, 4) is 23.3 Å². The fraction of sp³-hybridized carbons (Fsp3) is 0. The zero-order valence-electron chi connectivity index (χ0n) is 6.09. The SMILES string of the molecule is O=C(O)c1c(O)nc(O)c(O)c1O. The maximum absolute atomic E-state index is 10.4. The van der Waals surface area contributed by atoms with Gasteiger partial charge in [0.25, 0.3) is 5.88 Å². The summed E-state index contributed by atoms with van der Waals surface area (Å²) in [5, 5.41) is 43.7. The highest BCUT2D eigenvalue weighted by Gasteiger charge is 2.23. The Morgan fingerprint density at radius 1 is 1.00 bits per heavy atom. The largest absolute Gasteiger partial charge is 0.503 e. The van der Waals surface area contributed by atoms with E-state index >= 15 is 0 Å². The van der Waals surface area contributed by atoms with Crippen molar-refractivity contribution in [2.75, 3.05) is 0 Å². The molecular formula is C6H5NO6. The molecule has 0 aliphatic rings. The zero-order valence-corrected chi connectivity index (χ0v) is 6.09. The normalized spacial score (nSPS) is 9.85. The molecule has 70 valence electrons. The Kier molecular flexibility index (Phi) is 1.85. The first-order chi connectivity index (χ1) is 5.95. The van der Waals surface area contributed by atoms with E-state index < -0.39 is 34.8 Å². The van der Waals surface area contributed by atoms with E-state index in [0.717, 1.165) is 0 Å². The van der Waals surface area contributed by atoms with Gasteiger partial charge < -0.3 is 25.5 Å². The van der Waals surface area contributed by atoms with Crippen molar-refractivity contribution in [2.45, 2.75) is 0 Å². The molecule has 0 saturated carbocycles. The molecule has 5 N–H and O–H groups in total. The van der Waals surface area contributed by atoms with Crippen LogP contribution in [0.25, 0.3) is 0 Å². The molecule has 1 heterocycles. The second-order valence-electron chi connectivity index (χ2n) is 2.14. The second-order valence-corrected chi connectivity index (χ2v) is 2.14. The maximum Gasteiger partial charge on any atom is 0.345 e. The number of aromatic nitrogens is 1. The summed E-state index contributed by atoms with van der Waals surface area (Å²) in [4.78, 5) is 13.2. The number of nitrogens with zero attached hydrogens (tertiary/aromatic N) is 1. The van der Waals surface area contributed by atoms with Crippen molar-refractivity contribution in [3.05, 3.63) is 5.56 Å². The van der Waals surface area contributed by atoms with Crippen LogP contribution >= 0.6 is 0 Å². The Bertz CT molecular complexity index is 374. The molecule has 0 bridgehead atoms. The van der Waals surface area contributed by atoms with Crippen LogP contribution in [0.4, 0.5) is 0 Å². The second kappa shape index (κ2) is 2.70. The predicted octanol–water partition coefficient (Wildman–Crippen LogP) is -0.398. The lowest BCUT2D eigenvalue weighted by atomic mass is 10.2. The van der Waals surface area contributed by atoms with E-state index in [2.05, 4.69) is 4.98 Å². The van der Waals surface area contributed by atoms with Crippen LogP contribution in [0.2, 0.25) is 0 Å². The lowest BCUT2D eigenvalue weighted by molar-refractivity contribution is 0.0688. The summed E-state index contributed by atoms with van der Waals surface area (Å²) in [5.41, 5.74) is -0.963. The van der Waals surface area contributed by atoms with Crippen LogP contribution in [0.3, 0.4) is 0 Å². The molecular weight excluding hydrogens is 182 g/mol. The Labute approximate surface area is 71.1 Å². The van der Waals surface area contributed by atoms with Crippen LogP contribution in [-0.4, -0.2) is 36.5 Å². The molecule has 7 heteroatoms. The van der Waals surface area contributed by atoms with E-state index in [9.17, 15) is 4.79 Å². The minimum atomic E-state index is -1.67. The van der Waals surface area contributed by atoms with Gasteiger partial charge in [-0.15, -0.1) is 0 Å². The Hall–Kier alpha value is -2.18. The fourth-order valence-corrected chi connectivity index (χ4v) is 0.736. The van der Waals surface area contributed by atoms with Gasteiger partial charge in [0.2, 0.25) is 11.6 Å². The zero-order chi connectivity index (χ0) is 10.2. The summed E-state index contributed by atoms with van der Waals surface area (Å²) in [6.45, 7) is 0. The third-order valence-electron chi connectivity index (χ3n) is 1.32. The number of aromatic carboxylic acids is 1. The number of carbonyl (C=O) groups is 1. The molecule has 0 fully saturated rings. The first-order valence-electron chi connectivity index (χ1n) is 3.02. The van der Waals surface area contributed by atoms with Crippen LogP contribution in [-0.2, 0) is 0 Å². The Morgan fingerprint density at radius 2 is 1.54 bits per heavy atom. The molecule has 0 saturated heterocycles. The molecule has 0 radical (unpaired) electrons. The summed E-state index contributed by atoms with van der Waals surface area (Å²) in [7, 11) is 0. The van der Waals surface area contributed by atoms with Crippen LogP contribution in [0, 0.1) is 0 Å². The molecule has 0 unspecified atom stereocenters. The minimum Gasteiger partial charge on any atom is -0.503 e. The van der Waals surface area contributed by atoms with Crippen molar-refractivity contribution in [2.24, 2.45) is 0 Å². The van der Waals surface area contributed by atoms with Crippen molar-refractivity contribution in [1.82, 2.24) is 4.98 Å². The minimum absolute atomic E-state index is 0.963.